The zero-order chi connectivity index (χ0) is 10.6. The SMILES string of the molecule is CC.CCN=C/C=C\C1=CCCCC1. The molecule has 0 saturated heterocycles. The third-order valence-corrected chi connectivity index (χ3v) is 2.01. The molecule has 0 amide bonds. The van der Waals surface area contributed by atoms with E-state index in [1.54, 1.807) is 0 Å². The van der Waals surface area contributed by atoms with Crippen LogP contribution in [0.25, 0.3) is 0 Å². The van der Waals surface area contributed by atoms with Gasteiger partial charge in [-0.2, -0.15) is 0 Å². The van der Waals surface area contributed by atoms with Gasteiger partial charge in [-0.05, 0) is 38.7 Å². The Kier molecular flexibility index (Phi) is 9.61. The molecule has 1 aliphatic carbocycles. The van der Waals surface area contributed by atoms with Gasteiger partial charge in [0.2, 0.25) is 0 Å². The molecule has 0 N–H and O–H groups in total. The van der Waals surface area contributed by atoms with Gasteiger partial charge in [0, 0.05) is 12.8 Å². The Morgan fingerprint density at radius 1 is 1.36 bits per heavy atom. The first-order valence-electron chi connectivity index (χ1n) is 5.79. The van der Waals surface area contributed by atoms with Crippen molar-refractivity contribution in [3.8, 4) is 0 Å². The average molecular weight is 193 g/mol. The second kappa shape index (κ2) is 10.2. The van der Waals surface area contributed by atoms with Gasteiger partial charge in [0.05, 0.1) is 0 Å². The molecule has 0 saturated carbocycles. The van der Waals surface area contributed by atoms with Crippen LogP contribution in [0.5, 0.6) is 0 Å². The molecule has 0 heterocycles. The first kappa shape index (κ1) is 13.2. The minimum atomic E-state index is 0.878. The van der Waals surface area contributed by atoms with Gasteiger partial charge in [0.1, 0.15) is 0 Å². The number of aliphatic imine (C=N–C) groups is 1. The lowest BCUT2D eigenvalue weighted by Crippen LogP contribution is -1.88. The Morgan fingerprint density at radius 3 is 2.71 bits per heavy atom. The first-order valence-corrected chi connectivity index (χ1v) is 5.79. The van der Waals surface area contributed by atoms with E-state index in [2.05, 4.69) is 17.1 Å². The number of rotatable bonds is 3. The Bertz CT molecular complexity index is 199. The summed E-state index contributed by atoms with van der Waals surface area (Å²) in [5, 5.41) is 0. The van der Waals surface area contributed by atoms with Gasteiger partial charge < -0.3 is 0 Å². The van der Waals surface area contributed by atoms with E-state index in [-0.39, 0.29) is 0 Å². The minimum absolute atomic E-state index is 0.878. The van der Waals surface area contributed by atoms with Crippen LogP contribution in [0.1, 0.15) is 46.5 Å². The molecule has 0 aromatic carbocycles. The maximum Gasteiger partial charge on any atom is 0.0360 e. The van der Waals surface area contributed by atoms with Crippen LogP contribution in [0.3, 0.4) is 0 Å². The highest BCUT2D eigenvalue weighted by molar-refractivity contribution is 5.71. The molecule has 1 nitrogen and oxygen atoms in total. The van der Waals surface area contributed by atoms with Gasteiger partial charge in [-0.25, -0.2) is 0 Å². The van der Waals surface area contributed by atoms with Gasteiger partial charge >= 0.3 is 0 Å². The second-order valence-corrected chi connectivity index (χ2v) is 3.03. The Morgan fingerprint density at radius 2 is 2.14 bits per heavy atom. The van der Waals surface area contributed by atoms with Crippen LogP contribution in [-0.2, 0) is 0 Å². The van der Waals surface area contributed by atoms with Crippen molar-refractivity contribution in [1.29, 1.82) is 0 Å². The Hall–Kier alpha value is -0.850. The summed E-state index contributed by atoms with van der Waals surface area (Å²) >= 11 is 0. The molecular weight excluding hydrogens is 170 g/mol. The summed E-state index contributed by atoms with van der Waals surface area (Å²) in [7, 11) is 0. The van der Waals surface area contributed by atoms with Gasteiger partial charge in [0.15, 0.2) is 0 Å². The van der Waals surface area contributed by atoms with Crippen LogP contribution in [0.2, 0.25) is 0 Å². The van der Waals surface area contributed by atoms with Crippen LogP contribution < -0.4 is 0 Å². The summed E-state index contributed by atoms with van der Waals surface area (Å²) in [6.07, 6.45) is 13.6. The van der Waals surface area contributed by atoms with E-state index in [9.17, 15) is 0 Å². The minimum Gasteiger partial charge on any atom is -0.293 e. The van der Waals surface area contributed by atoms with Crippen molar-refractivity contribution in [2.45, 2.75) is 46.5 Å². The topological polar surface area (TPSA) is 12.4 Å². The van der Waals surface area contributed by atoms with Crippen LogP contribution >= 0.6 is 0 Å². The van der Waals surface area contributed by atoms with E-state index in [0.717, 1.165) is 6.54 Å². The molecule has 80 valence electrons. The largest absolute Gasteiger partial charge is 0.293 e. The first-order chi connectivity index (χ1) is 6.93. The lowest BCUT2D eigenvalue weighted by atomic mass is 9.99. The van der Waals surface area contributed by atoms with Gasteiger partial charge in [-0.15, -0.1) is 0 Å². The number of nitrogens with zero attached hydrogens (tertiary/aromatic N) is 1. The normalized spacial score (nSPS) is 16.6. The van der Waals surface area contributed by atoms with Crippen molar-refractivity contribution < 1.29 is 0 Å². The van der Waals surface area contributed by atoms with E-state index < -0.39 is 0 Å². The fraction of sp³-hybridized carbons (Fsp3) is 0.615. The molecule has 0 aromatic rings. The van der Waals surface area contributed by atoms with Crippen molar-refractivity contribution in [1.82, 2.24) is 0 Å². The molecule has 1 rings (SSSR count). The second-order valence-electron chi connectivity index (χ2n) is 3.03. The predicted molar refractivity (Wildman–Crippen MR) is 66.1 cm³/mol. The van der Waals surface area contributed by atoms with E-state index in [1.165, 1.54) is 31.3 Å². The molecule has 0 aromatic heterocycles. The van der Waals surface area contributed by atoms with E-state index in [4.69, 9.17) is 0 Å². The summed E-state index contributed by atoms with van der Waals surface area (Å²) in [5.41, 5.74) is 1.48. The molecule has 1 aliphatic rings. The lowest BCUT2D eigenvalue weighted by Gasteiger charge is -2.07. The number of hydrogen-bond acceptors (Lipinski definition) is 1. The number of hydrogen-bond donors (Lipinski definition) is 0. The molecule has 0 radical (unpaired) electrons. The molecule has 0 aliphatic heterocycles. The van der Waals surface area contributed by atoms with Crippen molar-refractivity contribution in [3.05, 3.63) is 23.8 Å². The maximum atomic E-state index is 4.12. The van der Waals surface area contributed by atoms with Crippen molar-refractivity contribution in [2.24, 2.45) is 4.99 Å². The van der Waals surface area contributed by atoms with Gasteiger partial charge in [-0.3, -0.25) is 4.99 Å². The van der Waals surface area contributed by atoms with Crippen molar-refractivity contribution in [2.75, 3.05) is 6.54 Å². The summed E-state index contributed by atoms with van der Waals surface area (Å²) in [6, 6.07) is 0. The summed E-state index contributed by atoms with van der Waals surface area (Å²) in [6.45, 7) is 6.92. The third kappa shape index (κ3) is 6.64. The van der Waals surface area contributed by atoms with Gasteiger partial charge in [0.25, 0.3) is 0 Å². The highest BCUT2D eigenvalue weighted by Gasteiger charge is 1.98. The molecule has 1 heteroatoms. The quantitative estimate of drug-likeness (QED) is 0.597. The smallest absolute Gasteiger partial charge is 0.0360 e. The molecule has 0 fully saturated rings. The molecule has 0 bridgehead atoms. The van der Waals surface area contributed by atoms with Crippen molar-refractivity contribution in [3.63, 3.8) is 0 Å². The van der Waals surface area contributed by atoms with Crippen LogP contribution in [0, 0.1) is 0 Å². The zero-order valence-corrected chi connectivity index (χ0v) is 9.79. The van der Waals surface area contributed by atoms with Crippen LogP contribution in [0.15, 0.2) is 28.8 Å². The highest BCUT2D eigenvalue weighted by Crippen LogP contribution is 2.17. The fourth-order valence-corrected chi connectivity index (χ4v) is 1.35. The van der Waals surface area contributed by atoms with Crippen LogP contribution in [-0.4, -0.2) is 12.8 Å². The van der Waals surface area contributed by atoms with E-state index in [0.29, 0.717) is 0 Å². The Balaban J connectivity index is 0.000000791. The standard InChI is InChI=1S/C11H17N.C2H6/c1-2-12-10-6-9-11-7-4-3-5-8-11;1-2/h6-7,9-10H,2-5,8H2,1H3;1-2H3/b9-6-,12-10?;. The summed E-state index contributed by atoms with van der Waals surface area (Å²) < 4.78 is 0. The number of allylic oxidation sites excluding steroid dienone is 4. The molecule has 14 heavy (non-hydrogen) atoms. The lowest BCUT2D eigenvalue weighted by molar-refractivity contribution is 0.712. The van der Waals surface area contributed by atoms with Gasteiger partial charge in [-0.1, -0.05) is 31.6 Å². The van der Waals surface area contributed by atoms with E-state index >= 15 is 0 Å². The molecule has 0 spiro atoms. The molecule has 0 atom stereocenters. The Labute approximate surface area is 88.6 Å². The third-order valence-electron chi connectivity index (χ3n) is 2.01. The monoisotopic (exact) mass is 193 g/mol. The summed E-state index contributed by atoms with van der Waals surface area (Å²) in [4.78, 5) is 4.12. The summed E-state index contributed by atoms with van der Waals surface area (Å²) in [5.74, 6) is 0. The maximum absolute atomic E-state index is 4.12. The fourth-order valence-electron chi connectivity index (χ4n) is 1.35. The van der Waals surface area contributed by atoms with Crippen molar-refractivity contribution >= 4 is 6.21 Å². The molecule has 0 unspecified atom stereocenters. The molecular formula is C13H23N. The highest BCUT2D eigenvalue weighted by atomic mass is 14.7. The average Bonchev–Trinajstić information content (AvgIpc) is 2.29. The van der Waals surface area contributed by atoms with Crippen LogP contribution in [0.4, 0.5) is 0 Å². The van der Waals surface area contributed by atoms with E-state index in [1.807, 2.05) is 33.1 Å². The predicted octanol–water partition coefficient (Wildman–Crippen LogP) is 4.16. The zero-order valence-electron chi connectivity index (χ0n) is 9.79.